The van der Waals surface area contributed by atoms with Crippen LogP contribution < -0.4 is 4.74 Å². The summed E-state index contributed by atoms with van der Waals surface area (Å²) in [5.74, 6) is -1.63. The molecule has 3 aliphatic heterocycles. The van der Waals surface area contributed by atoms with Crippen molar-refractivity contribution in [3.05, 3.63) is 71.1 Å². The van der Waals surface area contributed by atoms with E-state index in [1.807, 2.05) is 12.1 Å². The molecule has 2 aliphatic carbocycles. The summed E-state index contributed by atoms with van der Waals surface area (Å²) >= 11 is 0. The summed E-state index contributed by atoms with van der Waals surface area (Å²) < 4.78 is 21.0. The van der Waals surface area contributed by atoms with E-state index >= 15 is 0 Å². The lowest BCUT2D eigenvalue weighted by atomic mass is 9.48. The van der Waals surface area contributed by atoms with Crippen LogP contribution in [0.5, 0.6) is 11.5 Å². The molecule has 2 aromatic carbocycles. The first-order chi connectivity index (χ1) is 16.8. The molecular weight excluding hydrogens is 451 g/mol. The Morgan fingerprint density at radius 1 is 1.20 bits per heavy atom. The summed E-state index contributed by atoms with van der Waals surface area (Å²) in [5.41, 5.74) is -0.434. The number of carbonyl (C=O) groups is 2. The summed E-state index contributed by atoms with van der Waals surface area (Å²) in [6, 6.07) is 6.66. The number of rotatable bonds is 3. The van der Waals surface area contributed by atoms with Crippen LogP contribution in [0, 0.1) is 5.82 Å². The van der Waals surface area contributed by atoms with Crippen LogP contribution >= 0.6 is 0 Å². The lowest BCUT2D eigenvalue weighted by Gasteiger charge is -2.64. The molecular formula is C27H25FN2O5. The van der Waals surface area contributed by atoms with E-state index in [4.69, 9.17) is 4.74 Å². The Morgan fingerprint density at radius 3 is 2.80 bits per heavy atom. The van der Waals surface area contributed by atoms with Crippen LogP contribution in [0.3, 0.4) is 0 Å². The van der Waals surface area contributed by atoms with E-state index in [1.54, 1.807) is 6.07 Å². The van der Waals surface area contributed by atoms with Crippen LogP contribution in [0.25, 0.3) is 0 Å². The number of nitrogens with zero attached hydrogens (tertiary/aromatic N) is 2. The van der Waals surface area contributed by atoms with Crippen molar-refractivity contribution in [2.45, 2.75) is 54.9 Å². The Balaban J connectivity index is 1.40. The monoisotopic (exact) mass is 476 g/mol. The zero-order valence-corrected chi connectivity index (χ0v) is 19.0. The second kappa shape index (κ2) is 6.71. The lowest BCUT2D eigenvalue weighted by molar-refractivity contribution is -0.194. The first-order valence-corrected chi connectivity index (χ1v) is 12.1. The van der Waals surface area contributed by atoms with Gasteiger partial charge in [0.25, 0.3) is 11.8 Å². The molecule has 35 heavy (non-hydrogen) atoms. The van der Waals surface area contributed by atoms with Gasteiger partial charge in [-0.1, -0.05) is 18.2 Å². The summed E-state index contributed by atoms with van der Waals surface area (Å²) in [6.45, 7) is 5.19. The molecule has 1 saturated carbocycles. The van der Waals surface area contributed by atoms with Gasteiger partial charge in [-0.05, 0) is 56.0 Å². The molecule has 5 aliphatic rings. The molecule has 8 heteroatoms. The molecule has 2 N–H and O–H groups in total. The fourth-order valence-electron chi connectivity index (χ4n) is 7.82. The number of amides is 2. The molecule has 0 radical (unpaired) electrons. The Bertz CT molecular complexity index is 1340. The van der Waals surface area contributed by atoms with Crippen LogP contribution in [0.2, 0.25) is 0 Å². The fraction of sp³-hybridized carbons (Fsp3) is 0.407. The number of hydrogen-bond acceptors (Lipinski definition) is 6. The number of benzene rings is 2. The van der Waals surface area contributed by atoms with Gasteiger partial charge < -0.3 is 14.9 Å². The lowest BCUT2D eigenvalue weighted by Crippen LogP contribution is -2.78. The molecule has 7 rings (SSSR count). The highest BCUT2D eigenvalue weighted by molar-refractivity contribution is 6.21. The number of aliphatic hydroxyl groups is 1. The Labute approximate surface area is 201 Å². The second-order valence-corrected chi connectivity index (χ2v) is 10.4. The third kappa shape index (κ3) is 2.28. The number of imide groups is 1. The highest BCUT2D eigenvalue weighted by Gasteiger charge is 2.74. The standard InChI is InChI=1S/C27H25FN2O5/c1-2-11-29-12-10-26-21-14-6-7-18(31)22(21)35-23(26)17(8-9-27(26,34)19(29)13-14)30-24(32)15-4-3-5-16(28)20(15)25(30)33/h2-7,17,19,23,31,34H,1,8-13H2/t17-,19-,23-,26-,27+/m0/s1. The maximum Gasteiger partial charge on any atom is 0.264 e. The number of ether oxygens (including phenoxy) is 1. The normalized spacial score (nSPS) is 34.5. The van der Waals surface area contributed by atoms with Crippen molar-refractivity contribution in [1.29, 1.82) is 0 Å². The van der Waals surface area contributed by atoms with Crippen molar-refractivity contribution in [3.8, 4) is 11.5 Å². The highest BCUT2D eigenvalue weighted by atomic mass is 19.1. The number of halogens is 1. The summed E-state index contributed by atoms with van der Waals surface area (Å²) in [6.07, 6.45) is 2.89. The van der Waals surface area contributed by atoms with Gasteiger partial charge in [0.15, 0.2) is 11.5 Å². The van der Waals surface area contributed by atoms with Crippen molar-refractivity contribution in [2.24, 2.45) is 0 Å². The number of carbonyl (C=O) groups excluding carboxylic acids is 2. The Kier molecular flexibility index (Phi) is 4.04. The summed E-state index contributed by atoms with van der Waals surface area (Å²) in [5, 5.41) is 23.2. The third-order valence-electron chi connectivity index (χ3n) is 9.13. The molecule has 180 valence electrons. The molecule has 2 fully saturated rings. The molecule has 2 amide bonds. The minimum absolute atomic E-state index is 0.0194. The van der Waals surface area contributed by atoms with Crippen LogP contribution in [0.15, 0.2) is 43.0 Å². The molecule has 2 bridgehead atoms. The number of phenolic OH excluding ortho intramolecular Hbond substituents is 1. The van der Waals surface area contributed by atoms with E-state index < -0.39 is 40.8 Å². The first-order valence-electron chi connectivity index (χ1n) is 12.1. The van der Waals surface area contributed by atoms with Crippen LogP contribution in [-0.2, 0) is 11.8 Å². The first kappa shape index (κ1) is 21.1. The number of likely N-dealkylation sites (tertiary alicyclic amines) is 1. The van der Waals surface area contributed by atoms with Crippen LogP contribution in [-0.4, -0.2) is 68.7 Å². The van der Waals surface area contributed by atoms with Gasteiger partial charge in [0.05, 0.1) is 28.2 Å². The average Bonchev–Trinajstić information content (AvgIpc) is 3.31. The predicted octanol–water partition coefficient (Wildman–Crippen LogP) is 2.54. The SMILES string of the molecule is C=CCN1CC[C@]23c4c5ccc(O)c4O[C@H]2[C@@H](N2C(=O)c4cccc(F)c4C2=O)CC[C@@]3(O)[C@@H]1C5. The second-order valence-electron chi connectivity index (χ2n) is 10.4. The van der Waals surface area contributed by atoms with Gasteiger partial charge >= 0.3 is 0 Å². The van der Waals surface area contributed by atoms with Gasteiger partial charge in [-0.3, -0.25) is 19.4 Å². The van der Waals surface area contributed by atoms with E-state index in [2.05, 4.69) is 11.5 Å². The van der Waals surface area contributed by atoms with E-state index in [1.165, 1.54) is 18.2 Å². The molecule has 3 heterocycles. The summed E-state index contributed by atoms with van der Waals surface area (Å²) in [7, 11) is 0. The van der Waals surface area contributed by atoms with Gasteiger partial charge in [-0.15, -0.1) is 6.58 Å². The molecule has 0 aromatic heterocycles. The van der Waals surface area contributed by atoms with Crippen molar-refractivity contribution in [2.75, 3.05) is 13.1 Å². The van der Waals surface area contributed by atoms with Gasteiger partial charge in [0, 0.05) is 18.2 Å². The van der Waals surface area contributed by atoms with Crippen molar-refractivity contribution in [3.63, 3.8) is 0 Å². The van der Waals surface area contributed by atoms with Crippen LogP contribution in [0.1, 0.15) is 51.1 Å². The fourth-order valence-corrected chi connectivity index (χ4v) is 7.82. The largest absolute Gasteiger partial charge is 0.504 e. The van der Waals surface area contributed by atoms with Gasteiger partial charge in [0.2, 0.25) is 0 Å². The number of aromatic hydroxyl groups is 1. The molecule has 7 nitrogen and oxygen atoms in total. The number of hydrogen-bond donors (Lipinski definition) is 2. The maximum absolute atomic E-state index is 14.6. The minimum atomic E-state index is -1.18. The summed E-state index contributed by atoms with van der Waals surface area (Å²) in [4.78, 5) is 30.1. The number of phenols is 1. The van der Waals surface area contributed by atoms with E-state index in [0.717, 1.165) is 16.0 Å². The zero-order chi connectivity index (χ0) is 24.3. The van der Waals surface area contributed by atoms with E-state index in [0.29, 0.717) is 44.5 Å². The molecule has 1 spiro atoms. The minimum Gasteiger partial charge on any atom is -0.504 e. The molecule has 0 unspecified atom stereocenters. The average molecular weight is 477 g/mol. The molecule has 2 aromatic rings. The topological polar surface area (TPSA) is 90.3 Å². The zero-order valence-electron chi connectivity index (χ0n) is 19.0. The highest BCUT2D eigenvalue weighted by Crippen LogP contribution is 2.66. The number of piperidine rings is 1. The van der Waals surface area contributed by atoms with Crippen LogP contribution in [0.4, 0.5) is 4.39 Å². The van der Waals surface area contributed by atoms with E-state index in [9.17, 15) is 24.2 Å². The molecule has 5 atom stereocenters. The Morgan fingerprint density at radius 2 is 2.03 bits per heavy atom. The molecule has 1 saturated heterocycles. The van der Waals surface area contributed by atoms with Gasteiger partial charge in [0.1, 0.15) is 11.9 Å². The van der Waals surface area contributed by atoms with Crippen molar-refractivity contribution >= 4 is 11.8 Å². The van der Waals surface area contributed by atoms with Crippen molar-refractivity contribution < 1.29 is 28.9 Å². The number of fused-ring (bicyclic) bond motifs is 1. The van der Waals surface area contributed by atoms with Gasteiger partial charge in [-0.25, -0.2) is 4.39 Å². The van der Waals surface area contributed by atoms with E-state index in [-0.39, 0.29) is 22.9 Å². The quantitative estimate of drug-likeness (QED) is 0.523. The predicted molar refractivity (Wildman–Crippen MR) is 123 cm³/mol. The third-order valence-corrected chi connectivity index (χ3v) is 9.13. The smallest absolute Gasteiger partial charge is 0.264 e. The Hall–Kier alpha value is -3.23. The van der Waals surface area contributed by atoms with Crippen molar-refractivity contribution in [1.82, 2.24) is 9.80 Å². The van der Waals surface area contributed by atoms with Gasteiger partial charge in [-0.2, -0.15) is 0 Å². The maximum atomic E-state index is 14.6.